The fourth-order valence-corrected chi connectivity index (χ4v) is 4.52. The lowest BCUT2D eigenvalue weighted by molar-refractivity contribution is 0.104. The third-order valence-corrected chi connectivity index (χ3v) is 6.70. The van der Waals surface area contributed by atoms with Crippen LogP contribution in [0.2, 0.25) is 0 Å². The smallest absolute Gasteiger partial charge is 0.347 e. The number of piperidine rings is 1. The highest BCUT2D eigenvalue weighted by molar-refractivity contribution is 6.07. The Labute approximate surface area is 207 Å². The van der Waals surface area contributed by atoms with E-state index < -0.39 is 5.63 Å². The van der Waals surface area contributed by atoms with Crippen LogP contribution in [0.4, 0.5) is 11.4 Å². The van der Waals surface area contributed by atoms with Crippen LogP contribution in [0, 0.1) is 0 Å². The normalized spacial score (nSPS) is 14.5. The average molecular weight is 474 g/mol. The molecule has 6 heteroatoms. The van der Waals surface area contributed by atoms with Crippen molar-refractivity contribution in [2.45, 2.75) is 26.2 Å². The van der Waals surface area contributed by atoms with Gasteiger partial charge in [0.1, 0.15) is 11.1 Å². The minimum absolute atomic E-state index is 0.0397. The average Bonchev–Trinajstić information content (AvgIpc) is 2.88. The molecule has 0 spiro atoms. The van der Waals surface area contributed by atoms with Gasteiger partial charge in [0.05, 0.1) is 0 Å². The van der Waals surface area contributed by atoms with E-state index in [4.69, 9.17) is 4.42 Å². The molecule has 0 radical (unpaired) electrons. The van der Waals surface area contributed by atoms with E-state index in [0.29, 0.717) is 5.58 Å². The number of allylic oxidation sites excluding steroid dienone is 1. The molecule has 0 N–H and O–H groups in total. The van der Waals surface area contributed by atoms with Crippen LogP contribution < -0.4 is 15.4 Å². The molecule has 0 atom stereocenters. The second-order valence-electron chi connectivity index (χ2n) is 9.34. The Morgan fingerprint density at radius 1 is 1.00 bits per heavy atom. The number of nitrogens with zero attached hydrogens (tertiary/aromatic N) is 3. The van der Waals surface area contributed by atoms with Gasteiger partial charge < -0.3 is 19.1 Å². The highest BCUT2D eigenvalue weighted by Gasteiger charge is 2.13. The molecule has 4 rings (SSSR count). The molecule has 3 aromatic rings. The molecular formula is C29H35N3O3. The van der Waals surface area contributed by atoms with E-state index in [0.717, 1.165) is 36.3 Å². The standard InChI is InChI=1S/C29H35N3O3/c1-4-32(19-18-31-16-6-5-7-17-31)24-12-8-22(9-13-24)10-15-27(33)26-20-23-11-14-25(30(2)3)21-28(23)35-29(26)34/h8-15,20-21H,4-7,16-19H2,1-3H3. The number of likely N-dealkylation sites (N-methyl/N-ethyl adjacent to an activating group) is 1. The van der Waals surface area contributed by atoms with Crippen LogP contribution in [0.15, 0.2) is 63.8 Å². The zero-order valence-electron chi connectivity index (χ0n) is 21.0. The molecule has 1 fully saturated rings. The highest BCUT2D eigenvalue weighted by Crippen LogP contribution is 2.21. The number of carbonyl (C=O) groups excluding carboxylic acids is 1. The second-order valence-corrected chi connectivity index (χ2v) is 9.34. The second kappa shape index (κ2) is 11.4. The van der Waals surface area contributed by atoms with E-state index in [9.17, 15) is 9.59 Å². The van der Waals surface area contributed by atoms with Crippen molar-refractivity contribution in [3.63, 3.8) is 0 Å². The summed E-state index contributed by atoms with van der Waals surface area (Å²) in [5.74, 6) is -0.363. The number of hydrogen-bond acceptors (Lipinski definition) is 6. The molecule has 0 amide bonds. The predicted molar refractivity (Wildman–Crippen MR) is 145 cm³/mol. The van der Waals surface area contributed by atoms with E-state index in [1.165, 1.54) is 44.1 Å². The maximum absolute atomic E-state index is 12.7. The summed E-state index contributed by atoms with van der Waals surface area (Å²) in [6, 6.07) is 15.4. The minimum Gasteiger partial charge on any atom is -0.422 e. The summed E-state index contributed by atoms with van der Waals surface area (Å²) in [6.45, 7) is 7.66. The van der Waals surface area contributed by atoms with Gasteiger partial charge in [0.15, 0.2) is 5.78 Å². The summed E-state index contributed by atoms with van der Waals surface area (Å²) >= 11 is 0. The first-order chi connectivity index (χ1) is 16.9. The van der Waals surface area contributed by atoms with E-state index >= 15 is 0 Å². The van der Waals surface area contributed by atoms with Gasteiger partial charge in [0.25, 0.3) is 0 Å². The Morgan fingerprint density at radius 3 is 2.40 bits per heavy atom. The lowest BCUT2D eigenvalue weighted by atomic mass is 10.1. The summed E-state index contributed by atoms with van der Waals surface area (Å²) in [6.07, 6.45) is 7.16. The molecule has 35 heavy (non-hydrogen) atoms. The van der Waals surface area contributed by atoms with Gasteiger partial charge in [-0.2, -0.15) is 0 Å². The van der Waals surface area contributed by atoms with Crippen molar-refractivity contribution in [1.82, 2.24) is 4.90 Å². The number of hydrogen-bond donors (Lipinski definition) is 0. The van der Waals surface area contributed by atoms with Crippen molar-refractivity contribution < 1.29 is 9.21 Å². The Morgan fingerprint density at radius 2 is 1.71 bits per heavy atom. The molecule has 1 aromatic heterocycles. The molecule has 1 aliphatic heterocycles. The third kappa shape index (κ3) is 6.20. The van der Waals surface area contributed by atoms with Gasteiger partial charge in [0.2, 0.25) is 0 Å². The monoisotopic (exact) mass is 473 g/mol. The molecular weight excluding hydrogens is 438 g/mol. The Kier molecular flexibility index (Phi) is 8.03. The number of anilines is 2. The maximum Gasteiger partial charge on any atom is 0.347 e. The van der Waals surface area contributed by atoms with Crippen molar-refractivity contribution in [3.8, 4) is 0 Å². The summed E-state index contributed by atoms with van der Waals surface area (Å²) in [7, 11) is 3.84. The van der Waals surface area contributed by atoms with Crippen molar-refractivity contribution >= 4 is 34.2 Å². The van der Waals surface area contributed by atoms with Crippen LogP contribution in [0.25, 0.3) is 17.0 Å². The van der Waals surface area contributed by atoms with E-state index in [-0.39, 0.29) is 11.3 Å². The van der Waals surface area contributed by atoms with Gasteiger partial charge in [-0.15, -0.1) is 0 Å². The van der Waals surface area contributed by atoms with Gasteiger partial charge in [-0.1, -0.05) is 24.6 Å². The Balaban J connectivity index is 1.42. The summed E-state index contributed by atoms with van der Waals surface area (Å²) in [5.41, 5.74) is 2.91. The topological polar surface area (TPSA) is 57.0 Å². The number of rotatable bonds is 9. The number of fused-ring (bicyclic) bond motifs is 1. The SMILES string of the molecule is CCN(CCN1CCCCC1)c1ccc(C=CC(=O)c2cc3ccc(N(C)C)cc3oc2=O)cc1. The molecule has 0 aliphatic carbocycles. The molecule has 2 heterocycles. The first-order valence-corrected chi connectivity index (χ1v) is 12.5. The minimum atomic E-state index is -0.620. The molecule has 1 aliphatic rings. The fraction of sp³-hybridized carbons (Fsp3) is 0.379. The lowest BCUT2D eigenvalue weighted by Crippen LogP contribution is -2.37. The number of carbonyl (C=O) groups is 1. The zero-order chi connectivity index (χ0) is 24.8. The van der Waals surface area contributed by atoms with Crippen molar-refractivity contribution in [1.29, 1.82) is 0 Å². The van der Waals surface area contributed by atoms with Crippen molar-refractivity contribution in [2.24, 2.45) is 0 Å². The van der Waals surface area contributed by atoms with Crippen LogP contribution >= 0.6 is 0 Å². The van der Waals surface area contributed by atoms with Crippen LogP contribution in [-0.4, -0.2) is 57.5 Å². The summed E-state index contributed by atoms with van der Waals surface area (Å²) < 4.78 is 5.43. The van der Waals surface area contributed by atoms with E-state index in [1.807, 2.05) is 43.3 Å². The fourth-order valence-electron chi connectivity index (χ4n) is 4.52. The zero-order valence-corrected chi connectivity index (χ0v) is 21.0. The van der Waals surface area contributed by atoms with Crippen LogP contribution in [0.5, 0.6) is 0 Å². The molecule has 2 aromatic carbocycles. The van der Waals surface area contributed by atoms with E-state index in [1.54, 1.807) is 18.2 Å². The van der Waals surface area contributed by atoms with Crippen LogP contribution in [0.3, 0.4) is 0 Å². The third-order valence-electron chi connectivity index (χ3n) is 6.70. The van der Waals surface area contributed by atoms with Crippen LogP contribution in [0.1, 0.15) is 42.1 Å². The molecule has 1 saturated heterocycles. The van der Waals surface area contributed by atoms with Gasteiger partial charge in [-0.25, -0.2) is 4.79 Å². The predicted octanol–water partition coefficient (Wildman–Crippen LogP) is 5.07. The molecule has 6 nitrogen and oxygen atoms in total. The Hall–Kier alpha value is -3.38. The number of likely N-dealkylation sites (tertiary alicyclic amines) is 1. The first-order valence-electron chi connectivity index (χ1n) is 12.5. The van der Waals surface area contributed by atoms with Crippen molar-refractivity contribution in [3.05, 3.63) is 76.2 Å². The van der Waals surface area contributed by atoms with Gasteiger partial charge in [-0.05, 0) is 74.8 Å². The Bertz CT molecular complexity index is 1240. The molecule has 0 unspecified atom stereocenters. The van der Waals surface area contributed by atoms with Gasteiger partial charge in [0, 0.05) is 56.6 Å². The molecule has 184 valence electrons. The van der Waals surface area contributed by atoms with Gasteiger partial charge in [-0.3, -0.25) is 4.79 Å². The molecule has 0 bridgehead atoms. The van der Waals surface area contributed by atoms with Gasteiger partial charge >= 0.3 is 5.63 Å². The lowest BCUT2D eigenvalue weighted by Gasteiger charge is -2.30. The first kappa shape index (κ1) is 24.7. The quantitative estimate of drug-likeness (QED) is 0.246. The largest absolute Gasteiger partial charge is 0.422 e. The van der Waals surface area contributed by atoms with Crippen LogP contribution in [-0.2, 0) is 0 Å². The maximum atomic E-state index is 12.7. The highest BCUT2D eigenvalue weighted by atomic mass is 16.4. The van der Waals surface area contributed by atoms with E-state index in [2.05, 4.69) is 28.9 Å². The van der Waals surface area contributed by atoms with Crippen molar-refractivity contribution in [2.75, 3.05) is 56.6 Å². The molecule has 0 saturated carbocycles. The number of ketones is 1. The summed E-state index contributed by atoms with van der Waals surface area (Å²) in [4.78, 5) is 32.1. The number of benzene rings is 2. The summed E-state index contributed by atoms with van der Waals surface area (Å²) in [5, 5.41) is 0.723.